The summed E-state index contributed by atoms with van der Waals surface area (Å²) in [6.07, 6.45) is 1.86. The molecule has 74 valence electrons. The van der Waals surface area contributed by atoms with Crippen molar-refractivity contribution in [1.29, 1.82) is 0 Å². The maximum atomic E-state index is 5.51. The highest BCUT2D eigenvalue weighted by Gasteiger charge is 2.18. The number of hydrogen-bond acceptors (Lipinski definition) is 3. The number of rotatable bonds is 2. The largest absolute Gasteiger partial charge is 0.454 e. The summed E-state index contributed by atoms with van der Waals surface area (Å²) in [6.45, 7) is 0.780. The number of ether oxygens (including phenoxy) is 2. The van der Waals surface area contributed by atoms with Crippen molar-refractivity contribution in [2.75, 3.05) is 6.61 Å². The third-order valence-corrected chi connectivity index (χ3v) is 2.47. The van der Waals surface area contributed by atoms with Crippen molar-refractivity contribution in [3.8, 4) is 0 Å². The van der Waals surface area contributed by atoms with Crippen LogP contribution in [0.25, 0.3) is 0 Å². The Morgan fingerprint density at radius 2 is 2.14 bits per heavy atom. The monoisotopic (exact) mass is 208 g/mol. The lowest BCUT2D eigenvalue weighted by Gasteiger charge is -2.13. The van der Waals surface area contributed by atoms with Crippen LogP contribution in [0.1, 0.15) is 18.4 Å². The highest BCUT2D eigenvalue weighted by Crippen LogP contribution is 2.15. The third-order valence-electron chi connectivity index (χ3n) is 2.14. The second kappa shape index (κ2) is 4.53. The zero-order valence-electron chi connectivity index (χ0n) is 7.81. The average Bonchev–Trinajstić information content (AvgIpc) is 2.72. The first-order valence-corrected chi connectivity index (χ1v) is 5.15. The van der Waals surface area contributed by atoms with Crippen molar-refractivity contribution in [3.05, 3.63) is 35.9 Å². The molecule has 0 saturated carbocycles. The third kappa shape index (κ3) is 2.30. The second-order valence-electron chi connectivity index (χ2n) is 3.21. The Balaban J connectivity index is 1.95. The van der Waals surface area contributed by atoms with E-state index in [4.69, 9.17) is 21.7 Å². The number of thiocarbonyl (C=S) groups is 1. The summed E-state index contributed by atoms with van der Waals surface area (Å²) >= 11 is 5.15. The molecule has 1 atom stereocenters. The van der Waals surface area contributed by atoms with Crippen molar-refractivity contribution in [2.45, 2.75) is 19.1 Å². The molecule has 0 N–H and O–H groups in total. The van der Waals surface area contributed by atoms with Gasteiger partial charge in [-0.3, -0.25) is 0 Å². The molecule has 3 heteroatoms. The molecule has 1 saturated heterocycles. The summed E-state index contributed by atoms with van der Waals surface area (Å²) < 4.78 is 10.8. The molecule has 14 heavy (non-hydrogen) atoms. The van der Waals surface area contributed by atoms with E-state index in [1.165, 1.54) is 0 Å². The predicted molar refractivity (Wildman–Crippen MR) is 58.2 cm³/mol. The molecule has 1 aromatic rings. The van der Waals surface area contributed by atoms with E-state index in [9.17, 15) is 0 Å². The normalized spacial score (nSPS) is 20.7. The van der Waals surface area contributed by atoms with Gasteiger partial charge in [0.05, 0.1) is 6.61 Å². The van der Waals surface area contributed by atoms with Crippen molar-refractivity contribution >= 4 is 17.3 Å². The Morgan fingerprint density at radius 1 is 1.36 bits per heavy atom. The van der Waals surface area contributed by atoms with E-state index in [1.807, 2.05) is 30.3 Å². The van der Waals surface area contributed by atoms with Crippen molar-refractivity contribution in [1.82, 2.24) is 0 Å². The van der Waals surface area contributed by atoms with Crippen LogP contribution in [0, 0.1) is 0 Å². The lowest BCUT2D eigenvalue weighted by atomic mass is 10.2. The Morgan fingerprint density at radius 3 is 2.79 bits per heavy atom. The number of hydrogen-bond donors (Lipinski definition) is 0. The van der Waals surface area contributed by atoms with E-state index in [1.54, 1.807) is 0 Å². The lowest BCUT2D eigenvalue weighted by Crippen LogP contribution is -2.15. The first-order chi connectivity index (χ1) is 6.86. The topological polar surface area (TPSA) is 18.5 Å². The Bertz CT molecular complexity index is 304. The van der Waals surface area contributed by atoms with E-state index < -0.39 is 0 Å². The highest BCUT2D eigenvalue weighted by molar-refractivity contribution is 7.80. The van der Waals surface area contributed by atoms with Gasteiger partial charge in [0.25, 0.3) is 0 Å². The maximum absolute atomic E-state index is 5.51. The molecule has 1 fully saturated rings. The molecular weight excluding hydrogens is 196 g/mol. The maximum Gasteiger partial charge on any atom is 0.200 e. The Hall–Kier alpha value is -0.930. The lowest BCUT2D eigenvalue weighted by molar-refractivity contribution is -0.0453. The van der Waals surface area contributed by atoms with Gasteiger partial charge >= 0.3 is 0 Å². The van der Waals surface area contributed by atoms with Gasteiger partial charge in [-0.2, -0.15) is 0 Å². The fourth-order valence-corrected chi connectivity index (χ4v) is 1.65. The first-order valence-electron chi connectivity index (χ1n) is 4.74. The van der Waals surface area contributed by atoms with Crippen LogP contribution < -0.4 is 0 Å². The smallest absolute Gasteiger partial charge is 0.200 e. The summed E-state index contributed by atoms with van der Waals surface area (Å²) in [5.41, 5.74) is 0.943. The van der Waals surface area contributed by atoms with Crippen LogP contribution >= 0.6 is 12.2 Å². The van der Waals surface area contributed by atoms with Gasteiger partial charge < -0.3 is 9.47 Å². The van der Waals surface area contributed by atoms with Gasteiger partial charge in [0, 0.05) is 12.0 Å². The van der Waals surface area contributed by atoms with Gasteiger partial charge in [-0.25, -0.2) is 0 Å². The van der Waals surface area contributed by atoms with Gasteiger partial charge in [-0.15, -0.1) is 0 Å². The quantitative estimate of drug-likeness (QED) is 0.696. The molecule has 0 amide bonds. The molecule has 1 unspecified atom stereocenters. The van der Waals surface area contributed by atoms with Crippen LogP contribution in [0.3, 0.4) is 0 Å². The molecule has 0 bridgehead atoms. The van der Waals surface area contributed by atoms with Crippen molar-refractivity contribution in [2.24, 2.45) is 0 Å². The fraction of sp³-hybridized carbons (Fsp3) is 0.364. The van der Waals surface area contributed by atoms with Gasteiger partial charge in [0.1, 0.15) is 0 Å². The van der Waals surface area contributed by atoms with Crippen LogP contribution in [0.4, 0.5) is 0 Å². The van der Waals surface area contributed by atoms with Crippen LogP contribution in [0.5, 0.6) is 0 Å². The van der Waals surface area contributed by atoms with E-state index >= 15 is 0 Å². The van der Waals surface area contributed by atoms with Crippen molar-refractivity contribution < 1.29 is 9.47 Å². The van der Waals surface area contributed by atoms with Gasteiger partial charge in [0.15, 0.2) is 5.05 Å². The van der Waals surface area contributed by atoms with Crippen LogP contribution in [0.15, 0.2) is 30.3 Å². The molecule has 2 rings (SSSR count). The molecule has 1 aromatic carbocycles. The summed E-state index contributed by atoms with van der Waals surface area (Å²) in [6, 6.07) is 9.73. The minimum absolute atomic E-state index is 0.136. The molecule has 1 aliphatic heterocycles. The highest BCUT2D eigenvalue weighted by atomic mass is 32.1. The van der Waals surface area contributed by atoms with E-state index in [-0.39, 0.29) is 6.29 Å². The van der Waals surface area contributed by atoms with Gasteiger partial charge in [-0.05, 0) is 18.6 Å². The molecule has 0 aliphatic carbocycles. The van der Waals surface area contributed by atoms with Crippen LogP contribution in [-0.4, -0.2) is 17.9 Å². The van der Waals surface area contributed by atoms with Crippen LogP contribution in [-0.2, 0) is 9.47 Å². The Labute approximate surface area is 88.8 Å². The zero-order chi connectivity index (χ0) is 9.80. The van der Waals surface area contributed by atoms with E-state index in [0.29, 0.717) is 5.05 Å². The molecule has 0 aromatic heterocycles. The molecule has 2 nitrogen and oxygen atoms in total. The molecular formula is C11H12O2S. The summed E-state index contributed by atoms with van der Waals surface area (Å²) in [7, 11) is 0. The predicted octanol–water partition coefficient (Wildman–Crippen LogP) is 2.52. The molecule has 0 spiro atoms. The number of benzene rings is 1. The van der Waals surface area contributed by atoms with Gasteiger partial charge in [0.2, 0.25) is 6.29 Å². The zero-order valence-corrected chi connectivity index (χ0v) is 8.63. The van der Waals surface area contributed by atoms with E-state index in [2.05, 4.69) is 0 Å². The molecule has 1 heterocycles. The van der Waals surface area contributed by atoms with Crippen molar-refractivity contribution in [3.63, 3.8) is 0 Å². The van der Waals surface area contributed by atoms with Crippen LogP contribution in [0.2, 0.25) is 0 Å². The average molecular weight is 208 g/mol. The minimum Gasteiger partial charge on any atom is -0.454 e. The minimum atomic E-state index is -0.136. The summed E-state index contributed by atoms with van der Waals surface area (Å²) in [5.74, 6) is 0. The Kier molecular flexibility index (Phi) is 3.11. The molecule has 0 radical (unpaired) electrons. The fourth-order valence-electron chi connectivity index (χ4n) is 1.40. The van der Waals surface area contributed by atoms with Gasteiger partial charge in [-0.1, -0.05) is 30.3 Å². The summed E-state index contributed by atoms with van der Waals surface area (Å²) in [4.78, 5) is 0. The standard InChI is InChI=1S/C11H12O2S/c14-11(9-5-2-1-3-6-9)13-10-7-4-8-12-10/h1-3,5-6,10H,4,7-8H2. The first kappa shape index (κ1) is 9.62. The molecule has 1 aliphatic rings. The van der Waals surface area contributed by atoms with E-state index in [0.717, 1.165) is 25.0 Å². The summed E-state index contributed by atoms with van der Waals surface area (Å²) in [5, 5.41) is 0.525. The second-order valence-corrected chi connectivity index (χ2v) is 3.58. The SMILES string of the molecule is S=C(OC1CCCO1)c1ccccc1.